The van der Waals surface area contributed by atoms with E-state index < -0.39 is 4.92 Å². The van der Waals surface area contributed by atoms with Crippen LogP contribution in [-0.2, 0) is 0 Å². The van der Waals surface area contributed by atoms with Gasteiger partial charge in [0.05, 0.1) is 15.7 Å². The summed E-state index contributed by atoms with van der Waals surface area (Å²) in [5, 5.41) is 12.2. The minimum atomic E-state index is -0.461. The highest BCUT2D eigenvalue weighted by Crippen LogP contribution is 2.37. The Kier molecular flexibility index (Phi) is 3.09. The summed E-state index contributed by atoms with van der Waals surface area (Å²) in [6.45, 7) is 1.68. The number of fused-ring (bicyclic) bond motifs is 2. The van der Waals surface area contributed by atoms with E-state index in [1.165, 1.54) is 6.07 Å². The van der Waals surface area contributed by atoms with Crippen LogP contribution in [0.3, 0.4) is 0 Å². The molecule has 3 aromatic rings. The molecular weight excluding hydrogens is 284 g/mol. The third-order valence-electron chi connectivity index (χ3n) is 3.65. The van der Waals surface area contributed by atoms with Crippen molar-refractivity contribution < 1.29 is 9.34 Å². The minimum absolute atomic E-state index is 0.0755. The van der Waals surface area contributed by atoms with Crippen LogP contribution in [0.15, 0.2) is 39.5 Å². The van der Waals surface area contributed by atoms with E-state index in [-0.39, 0.29) is 16.7 Å². The monoisotopic (exact) mass is 298 g/mol. The van der Waals surface area contributed by atoms with Crippen molar-refractivity contribution in [2.75, 3.05) is 19.0 Å². The molecule has 112 valence electrons. The molecule has 0 radical (unpaired) electrons. The maximum absolute atomic E-state index is 12.7. The number of hydrogen-bond donors (Lipinski definition) is 0. The number of para-hydroxylation sites is 1. The molecule has 2 aromatic carbocycles. The largest absolute Gasteiger partial charge is 0.453 e. The van der Waals surface area contributed by atoms with E-state index >= 15 is 0 Å². The Labute approximate surface area is 125 Å². The van der Waals surface area contributed by atoms with Gasteiger partial charge in [-0.3, -0.25) is 14.9 Å². The fraction of sp³-hybridized carbons (Fsp3) is 0.188. The zero-order valence-corrected chi connectivity index (χ0v) is 12.4. The minimum Gasteiger partial charge on any atom is -0.453 e. The molecule has 0 N–H and O–H groups in total. The highest BCUT2D eigenvalue weighted by Gasteiger charge is 2.24. The van der Waals surface area contributed by atoms with Gasteiger partial charge in [0.2, 0.25) is 5.43 Å². The van der Waals surface area contributed by atoms with Gasteiger partial charge in [-0.15, -0.1) is 0 Å². The smallest absolute Gasteiger partial charge is 0.296 e. The Morgan fingerprint density at radius 2 is 1.91 bits per heavy atom. The first-order valence-electron chi connectivity index (χ1n) is 6.72. The van der Waals surface area contributed by atoms with Crippen LogP contribution in [0.25, 0.3) is 21.9 Å². The number of benzene rings is 2. The molecule has 0 atom stereocenters. The molecule has 0 fully saturated rings. The first kappa shape index (κ1) is 14.1. The lowest BCUT2D eigenvalue weighted by molar-refractivity contribution is -0.384. The second-order valence-electron chi connectivity index (χ2n) is 5.34. The Bertz CT molecular complexity index is 973. The van der Waals surface area contributed by atoms with Gasteiger partial charge in [-0.2, -0.15) is 0 Å². The molecule has 0 saturated carbocycles. The lowest BCUT2D eigenvalue weighted by Gasteiger charge is -2.16. The Hall–Kier alpha value is -2.89. The van der Waals surface area contributed by atoms with Crippen molar-refractivity contribution in [2.45, 2.75) is 6.92 Å². The standard InChI is InChI=1S/C16H14N2O4/c1-9-8-11(18(20)21)14(17(2)3)16-13(9)15(19)10-6-4-5-7-12(10)22-16/h4-8H,1-3H3. The number of aryl methyl sites for hydroxylation is 1. The van der Waals surface area contributed by atoms with Crippen molar-refractivity contribution in [2.24, 2.45) is 0 Å². The molecule has 0 bridgehead atoms. The maximum atomic E-state index is 12.7. The molecule has 22 heavy (non-hydrogen) atoms. The van der Waals surface area contributed by atoms with Crippen molar-refractivity contribution in [3.63, 3.8) is 0 Å². The summed E-state index contributed by atoms with van der Waals surface area (Å²) in [4.78, 5) is 25.2. The average molecular weight is 298 g/mol. The van der Waals surface area contributed by atoms with Gasteiger partial charge in [-0.05, 0) is 24.6 Å². The number of nitrogens with zero attached hydrogens (tertiary/aromatic N) is 2. The number of anilines is 1. The predicted octanol–water partition coefficient (Wildman–Crippen LogP) is 3.23. The van der Waals surface area contributed by atoms with Gasteiger partial charge in [0, 0.05) is 20.2 Å². The van der Waals surface area contributed by atoms with Gasteiger partial charge in [0.25, 0.3) is 5.69 Å². The Morgan fingerprint density at radius 1 is 1.23 bits per heavy atom. The van der Waals surface area contributed by atoms with Gasteiger partial charge >= 0.3 is 0 Å². The van der Waals surface area contributed by atoms with E-state index in [0.717, 1.165) is 0 Å². The molecule has 0 amide bonds. The maximum Gasteiger partial charge on any atom is 0.296 e. The van der Waals surface area contributed by atoms with E-state index in [1.807, 2.05) is 0 Å². The molecule has 1 heterocycles. The first-order chi connectivity index (χ1) is 10.4. The van der Waals surface area contributed by atoms with Crippen molar-refractivity contribution in [3.8, 4) is 0 Å². The third-order valence-corrected chi connectivity index (χ3v) is 3.65. The number of rotatable bonds is 2. The summed E-state index contributed by atoms with van der Waals surface area (Å²) in [7, 11) is 3.37. The lowest BCUT2D eigenvalue weighted by Crippen LogP contribution is -2.14. The molecule has 6 nitrogen and oxygen atoms in total. The Balaban J connectivity index is 2.63. The molecular formula is C16H14N2O4. The van der Waals surface area contributed by atoms with E-state index in [4.69, 9.17) is 4.42 Å². The quantitative estimate of drug-likeness (QED) is 0.412. The summed E-state index contributed by atoms with van der Waals surface area (Å²) < 4.78 is 5.84. The van der Waals surface area contributed by atoms with E-state index in [2.05, 4.69) is 0 Å². The summed E-state index contributed by atoms with van der Waals surface area (Å²) >= 11 is 0. The molecule has 0 saturated heterocycles. The normalized spacial score (nSPS) is 11.0. The molecule has 1 aromatic heterocycles. The van der Waals surface area contributed by atoms with Crippen LogP contribution < -0.4 is 10.3 Å². The second-order valence-corrected chi connectivity index (χ2v) is 5.34. The van der Waals surface area contributed by atoms with E-state index in [1.54, 1.807) is 50.2 Å². The molecule has 0 unspecified atom stereocenters. The lowest BCUT2D eigenvalue weighted by atomic mass is 10.0. The molecule has 6 heteroatoms. The molecule has 0 aliphatic heterocycles. The van der Waals surface area contributed by atoms with Crippen molar-refractivity contribution in [1.29, 1.82) is 0 Å². The van der Waals surface area contributed by atoms with E-state index in [9.17, 15) is 14.9 Å². The zero-order chi connectivity index (χ0) is 16.0. The topological polar surface area (TPSA) is 76.6 Å². The zero-order valence-electron chi connectivity index (χ0n) is 12.4. The van der Waals surface area contributed by atoms with Crippen LogP contribution >= 0.6 is 0 Å². The highest BCUT2D eigenvalue weighted by atomic mass is 16.6. The molecule has 0 aliphatic carbocycles. The van der Waals surface area contributed by atoms with Gasteiger partial charge in [0.1, 0.15) is 5.58 Å². The number of nitro benzene ring substituents is 1. The highest BCUT2D eigenvalue weighted by molar-refractivity contribution is 6.00. The molecule has 0 aliphatic rings. The van der Waals surface area contributed by atoms with Crippen LogP contribution in [-0.4, -0.2) is 19.0 Å². The summed E-state index contributed by atoms with van der Waals surface area (Å²) in [5.74, 6) is 0. The summed E-state index contributed by atoms with van der Waals surface area (Å²) in [5.41, 5.74) is 1.25. The van der Waals surface area contributed by atoms with Gasteiger partial charge in [-0.1, -0.05) is 12.1 Å². The fourth-order valence-corrected chi connectivity index (χ4v) is 2.70. The van der Waals surface area contributed by atoms with Crippen LogP contribution in [0.1, 0.15) is 5.56 Å². The van der Waals surface area contributed by atoms with Crippen LogP contribution in [0.2, 0.25) is 0 Å². The second kappa shape index (κ2) is 4.84. The van der Waals surface area contributed by atoms with Gasteiger partial charge < -0.3 is 9.32 Å². The number of hydrogen-bond acceptors (Lipinski definition) is 5. The summed E-state index contributed by atoms with van der Waals surface area (Å²) in [6.07, 6.45) is 0. The first-order valence-corrected chi connectivity index (χ1v) is 6.72. The predicted molar refractivity (Wildman–Crippen MR) is 85.7 cm³/mol. The molecule has 0 spiro atoms. The van der Waals surface area contributed by atoms with E-state index in [0.29, 0.717) is 27.6 Å². The van der Waals surface area contributed by atoms with Crippen LogP contribution in [0, 0.1) is 17.0 Å². The van der Waals surface area contributed by atoms with Gasteiger partial charge in [-0.25, -0.2) is 0 Å². The van der Waals surface area contributed by atoms with Crippen LogP contribution in [0.5, 0.6) is 0 Å². The molecule has 3 rings (SSSR count). The number of nitro groups is 1. The van der Waals surface area contributed by atoms with Gasteiger partial charge in [0.15, 0.2) is 11.3 Å². The summed E-state index contributed by atoms with van der Waals surface area (Å²) in [6, 6.07) is 8.32. The fourth-order valence-electron chi connectivity index (χ4n) is 2.70. The average Bonchev–Trinajstić information content (AvgIpc) is 2.46. The van der Waals surface area contributed by atoms with Crippen molar-refractivity contribution >= 4 is 33.3 Å². The Morgan fingerprint density at radius 3 is 2.55 bits per heavy atom. The van der Waals surface area contributed by atoms with Crippen LogP contribution in [0.4, 0.5) is 11.4 Å². The third kappa shape index (κ3) is 1.92. The van der Waals surface area contributed by atoms with Crippen molar-refractivity contribution in [3.05, 3.63) is 56.2 Å². The van der Waals surface area contributed by atoms with Crippen molar-refractivity contribution in [1.82, 2.24) is 0 Å². The SMILES string of the molecule is Cc1cc([N+](=O)[O-])c(N(C)C)c2oc3ccccc3c(=O)c12.